The van der Waals surface area contributed by atoms with Crippen molar-refractivity contribution in [2.45, 2.75) is 45.4 Å². The molecule has 0 radical (unpaired) electrons. The number of ether oxygens (including phenoxy) is 1. The molecule has 0 unspecified atom stereocenters. The predicted molar refractivity (Wildman–Crippen MR) is 69.6 cm³/mol. The topological polar surface area (TPSA) is 49.4 Å². The van der Waals surface area contributed by atoms with Crippen LogP contribution in [0.25, 0.3) is 0 Å². The normalized spacial score (nSPS) is 9.74. The number of benzene rings is 1. The molecule has 0 amide bonds. The van der Waals surface area contributed by atoms with Gasteiger partial charge in [0.25, 0.3) is 0 Å². The van der Waals surface area contributed by atoms with Gasteiger partial charge in [0, 0.05) is 0 Å². The summed E-state index contributed by atoms with van der Waals surface area (Å²) in [6, 6.07) is 6.35. The quantitative estimate of drug-likeness (QED) is 0.462. The fraction of sp³-hybridized carbons (Fsp3) is 0.533. The van der Waals surface area contributed by atoms with Crippen molar-refractivity contribution in [1.29, 1.82) is 0 Å². The first-order chi connectivity index (χ1) is 8.74. The molecule has 0 aliphatic carbocycles. The van der Waals surface area contributed by atoms with Gasteiger partial charge in [-0.25, -0.2) is 0 Å². The van der Waals surface area contributed by atoms with Crippen LogP contribution in [0.15, 0.2) is 24.3 Å². The standard InChI is InChI=1S/C15H22O3.Na/c1-2-3-4-5-6-7-12-18-14-10-8-13(9-11-14)15(16)17;/h8-11H,2-7,12H2,1H3,(H,16,17);/q;+1/p-1. The minimum atomic E-state index is -1.16. The van der Waals surface area contributed by atoms with Crippen molar-refractivity contribution in [1.82, 2.24) is 0 Å². The maximum atomic E-state index is 10.5. The molecule has 0 heterocycles. The SMILES string of the molecule is CCCCCCCCOc1ccc(C(=O)[O-])cc1.[Na+]. The van der Waals surface area contributed by atoms with Crippen molar-refractivity contribution in [3.05, 3.63) is 29.8 Å². The molecule has 3 nitrogen and oxygen atoms in total. The number of carboxylic acid groups (broad SMARTS) is 1. The monoisotopic (exact) mass is 272 g/mol. The summed E-state index contributed by atoms with van der Waals surface area (Å²) in [5.41, 5.74) is 0.182. The molecule has 1 rings (SSSR count). The Morgan fingerprint density at radius 2 is 1.63 bits per heavy atom. The van der Waals surface area contributed by atoms with E-state index in [1.54, 1.807) is 12.1 Å². The predicted octanol–water partition coefficient (Wildman–Crippen LogP) is -0.207. The van der Waals surface area contributed by atoms with Crippen molar-refractivity contribution >= 4 is 5.97 Å². The van der Waals surface area contributed by atoms with Gasteiger partial charge in [-0.2, -0.15) is 0 Å². The largest absolute Gasteiger partial charge is 1.00 e. The summed E-state index contributed by atoms with van der Waals surface area (Å²) in [5, 5.41) is 10.5. The van der Waals surface area contributed by atoms with Crippen LogP contribution in [0.1, 0.15) is 55.8 Å². The van der Waals surface area contributed by atoms with Crippen LogP contribution in [0.4, 0.5) is 0 Å². The second-order valence-corrected chi connectivity index (χ2v) is 4.43. The Hall–Kier alpha value is -0.510. The maximum Gasteiger partial charge on any atom is 1.00 e. The van der Waals surface area contributed by atoms with Gasteiger partial charge in [0.05, 0.1) is 12.6 Å². The zero-order valence-corrected chi connectivity index (χ0v) is 14.0. The van der Waals surface area contributed by atoms with Crippen LogP contribution in [-0.4, -0.2) is 12.6 Å². The minimum Gasteiger partial charge on any atom is -0.545 e. The molecule has 0 atom stereocenters. The first-order valence-electron chi connectivity index (χ1n) is 6.68. The Bertz CT molecular complexity index is 349. The van der Waals surface area contributed by atoms with Crippen LogP contribution >= 0.6 is 0 Å². The molecule has 0 fully saturated rings. The fourth-order valence-corrected chi connectivity index (χ4v) is 1.76. The molecule has 1 aromatic rings. The zero-order valence-electron chi connectivity index (χ0n) is 12.0. The third-order valence-electron chi connectivity index (χ3n) is 2.86. The van der Waals surface area contributed by atoms with E-state index in [0.29, 0.717) is 12.4 Å². The number of carbonyl (C=O) groups is 1. The van der Waals surface area contributed by atoms with Gasteiger partial charge in [-0.1, -0.05) is 39.0 Å². The number of carbonyl (C=O) groups excluding carboxylic acids is 1. The molecule has 0 aliphatic rings. The number of aromatic carboxylic acids is 1. The van der Waals surface area contributed by atoms with Crippen LogP contribution in [0, 0.1) is 0 Å². The van der Waals surface area contributed by atoms with Crippen LogP contribution in [0.2, 0.25) is 0 Å². The first kappa shape index (κ1) is 18.5. The van der Waals surface area contributed by atoms with E-state index < -0.39 is 5.97 Å². The number of hydrogen-bond donors (Lipinski definition) is 0. The summed E-state index contributed by atoms with van der Waals surface area (Å²) in [7, 11) is 0. The van der Waals surface area contributed by atoms with E-state index in [4.69, 9.17) is 4.74 Å². The van der Waals surface area contributed by atoms with Crippen molar-refractivity contribution in [2.75, 3.05) is 6.61 Å². The van der Waals surface area contributed by atoms with Crippen LogP contribution in [0.3, 0.4) is 0 Å². The Labute approximate surface area is 137 Å². The van der Waals surface area contributed by atoms with E-state index in [2.05, 4.69) is 6.92 Å². The van der Waals surface area contributed by atoms with E-state index >= 15 is 0 Å². The van der Waals surface area contributed by atoms with E-state index in [0.717, 1.165) is 6.42 Å². The average Bonchev–Trinajstić information content (AvgIpc) is 2.38. The van der Waals surface area contributed by atoms with Gasteiger partial charge in [-0.05, 0) is 36.2 Å². The average molecular weight is 272 g/mol. The molecule has 0 N–H and O–H groups in total. The van der Waals surface area contributed by atoms with E-state index in [1.807, 2.05) is 0 Å². The van der Waals surface area contributed by atoms with E-state index in [1.165, 1.54) is 44.2 Å². The molecular formula is C15H21NaO3. The van der Waals surface area contributed by atoms with Gasteiger partial charge >= 0.3 is 29.6 Å². The molecule has 0 saturated carbocycles. The Morgan fingerprint density at radius 1 is 1.05 bits per heavy atom. The minimum absolute atomic E-state index is 0. The number of carboxylic acids is 1. The van der Waals surface area contributed by atoms with Crippen molar-refractivity contribution in [3.63, 3.8) is 0 Å². The molecule has 0 aromatic heterocycles. The molecule has 0 bridgehead atoms. The second kappa shape index (κ2) is 11.3. The van der Waals surface area contributed by atoms with E-state index in [9.17, 15) is 9.90 Å². The summed E-state index contributed by atoms with van der Waals surface area (Å²) in [4.78, 5) is 10.5. The molecule has 19 heavy (non-hydrogen) atoms. The third-order valence-corrected chi connectivity index (χ3v) is 2.86. The van der Waals surface area contributed by atoms with Crippen LogP contribution in [0.5, 0.6) is 5.75 Å². The van der Waals surface area contributed by atoms with E-state index in [-0.39, 0.29) is 35.1 Å². The summed E-state index contributed by atoms with van der Waals surface area (Å²) in [6.07, 6.45) is 7.38. The van der Waals surface area contributed by atoms with Gasteiger partial charge in [-0.3, -0.25) is 0 Å². The summed E-state index contributed by atoms with van der Waals surface area (Å²) in [5.74, 6) is -0.439. The summed E-state index contributed by atoms with van der Waals surface area (Å²) < 4.78 is 5.53. The number of hydrogen-bond acceptors (Lipinski definition) is 3. The smallest absolute Gasteiger partial charge is 0.545 e. The van der Waals surface area contributed by atoms with Crippen molar-refractivity contribution in [2.24, 2.45) is 0 Å². The maximum absolute atomic E-state index is 10.5. The van der Waals surface area contributed by atoms with Gasteiger partial charge in [-0.15, -0.1) is 0 Å². The number of rotatable bonds is 9. The van der Waals surface area contributed by atoms with Gasteiger partial charge in [0.2, 0.25) is 0 Å². The second-order valence-electron chi connectivity index (χ2n) is 4.43. The molecule has 0 spiro atoms. The van der Waals surface area contributed by atoms with Gasteiger partial charge in [0.15, 0.2) is 0 Å². The summed E-state index contributed by atoms with van der Waals surface area (Å²) in [6.45, 7) is 2.90. The van der Waals surface area contributed by atoms with Crippen molar-refractivity contribution < 1.29 is 44.2 Å². The fourth-order valence-electron chi connectivity index (χ4n) is 1.76. The molecular weight excluding hydrogens is 251 g/mol. The van der Waals surface area contributed by atoms with Gasteiger partial charge in [0.1, 0.15) is 5.75 Å². The Kier molecular flexibility index (Phi) is 11.0. The molecule has 1 aromatic carbocycles. The number of unbranched alkanes of at least 4 members (excludes halogenated alkanes) is 5. The molecule has 0 aliphatic heterocycles. The van der Waals surface area contributed by atoms with Crippen LogP contribution < -0.4 is 39.4 Å². The Morgan fingerprint density at radius 3 is 2.21 bits per heavy atom. The van der Waals surface area contributed by atoms with Crippen LogP contribution in [-0.2, 0) is 0 Å². The molecule has 0 saturated heterocycles. The zero-order chi connectivity index (χ0) is 13.2. The van der Waals surface area contributed by atoms with Gasteiger partial charge < -0.3 is 14.6 Å². The third kappa shape index (κ3) is 8.30. The van der Waals surface area contributed by atoms with Crippen molar-refractivity contribution in [3.8, 4) is 5.75 Å². The molecule has 100 valence electrons. The first-order valence-corrected chi connectivity index (χ1v) is 6.68. The summed E-state index contributed by atoms with van der Waals surface area (Å²) >= 11 is 0. The Balaban J connectivity index is 0.00000324. The molecule has 4 heteroatoms.